The van der Waals surface area contributed by atoms with Crippen molar-refractivity contribution in [1.82, 2.24) is 0 Å². The Bertz CT molecular complexity index is 674. The van der Waals surface area contributed by atoms with Crippen LogP contribution in [0.5, 0.6) is 5.75 Å². The van der Waals surface area contributed by atoms with Gasteiger partial charge in [0.15, 0.2) is 0 Å². The Labute approximate surface area is 132 Å². The quantitative estimate of drug-likeness (QED) is 0.844. The van der Waals surface area contributed by atoms with Crippen LogP contribution in [-0.2, 0) is 0 Å². The zero-order valence-electron chi connectivity index (χ0n) is 11.0. The van der Waals surface area contributed by atoms with E-state index in [1.54, 1.807) is 47.4 Å². The van der Waals surface area contributed by atoms with Crippen molar-refractivity contribution in [3.8, 4) is 5.75 Å². The van der Waals surface area contributed by atoms with Crippen molar-refractivity contribution in [1.29, 1.82) is 0 Å². The molecular weight excluding hydrogens is 311 g/mol. The van der Waals surface area contributed by atoms with Crippen molar-refractivity contribution in [2.24, 2.45) is 0 Å². The molecule has 0 aromatic heterocycles. The topological polar surface area (TPSA) is 41.6 Å². The smallest absolute Gasteiger partial charge is 0.326 e. The van der Waals surface area contributed by atoms with Crippen LogP contribution in [0.4, 0.5) is 16.2 Å². The largest absolute Gasteiger partial charge is 0.490 e. The summed E-state index contributed by atoms with van der Waals surface area (Å²) < 4.78 is 5.53. The number of nitrogens with one attached hydrogen (secondary N) is 1. The van der Waals surface area contributed by atoms with Gasteiger partial charge in [-0.25, -0.2) is 4.79 Å². The standard InChI is InChI=1S/C15H12Cl2N2O2/c16-10-1-4-12(5-2-10)18-15(20)19-7-8-21-14-6-3-11(17)9-13(14)19/h1-6,9H,7-8H2,(H,18,20). The minimum atomic E-state index is -0.232. The van der Waals surface area contributed by atoms with Crippen LogP contribution in [-0.4, -0.2) is 19.2 Å². The van der Waals surface area contributed by atoms with E-state index in [4.69, 9.17) is 27.9 Å². The minimum absolute atomic E-state index is 0.232. The number of hydrogen-bond acceptors (Lipinski definition) is 2. The molecule has 0 spiro atoms. The Morgan fingerprint density at radius 2 is 1.81 bits per heavy atom. The van der Waals surface area contributed by atoms with Crippen molar-refractivity contribution < 1.29 is 9.53 Å². The predicted octanol–water partition coefficient (Wildman–Crippen LogP) is 4.42. The fourth-order valence-electron chi connectivity index (χ4n) is 2.13. The van der Waals surface area contributed by atoms with Crippen LogP contribution in [0.1, 0.15) is 0 Å². The normalized spacial score (nSPS) is 13.3. The molecule has 0 bridgehead atoms. The van der Waals surface area contributed by atoms with Crippen LogP contribution in [0.25, 0.3) is 0 Å². The summed E-state index contributed by atoms with van der Waals surface area (Å²) in [5.41, 5.74) is 1.35. The van der Waals surface area contributed by atoms with Crippen molar-refractivity contribution in [3.63, 3.8) is 0 Å². The van der Waals surface area contributed by atoms with Gasteiger partial charge in [-0.2, -0.15) is 0 Å². The molecule has 2 aromatic carbocycles. The first-order valence-corrected chi connectivity index (χ1v) is 7.15. The number of halogens is 2. The van der Waals surface area contributed by atoms with E-state index in [9.17, 15) is 4.79 Å². The average Bonchev–Trinajstić information content (AvgIpc) is 2.49. The van der Waals surface area contributed by atoms with E-state index in [0.717, 1.165) is 0 Å². The lowest BCUT2D eigenvalue weighted by molar-refractivity contribution is 0.250. The molecule has 1 N–H and O–H groups in total. The van der Waals surface area contributed by atoms with E-state index in [-0.39, 0.29) is 6.03 Å². The number of benzene rings is 2. The lowest BCUT2D eigenvalue weighted by atomic mass is 10.2. The van der Waals surface area contributed by atoms with Crippen molar-refractivity contribution in [2.75, 3.05) is 23.4 Å². The van der Waals surface area contributed by atoms with E-state index < -0.39 is 0 Å². The molecule has 0 unspecified atom stereocenters. The highest BCUT2D eigenvalue weighted by atomic mass is 35.5. The number of ether oxygens (including phenoxy) is 1. The molecule has 0 fully saturated rings. The van der Waals surface area contributed by atoms with E-state index in [1.807, 2.05) is 0 Å². The third kappa shape index (κ3) is 3.06. The molecule has 0 radical (unpaired) electrons. The van der Waals surface area contributed by atoms with Crippen LogP contribution in [0.3, 0.4) is 0 Å². The molecule has 2 amide bonds. The second-order valence-electron chi connectivity index (χ2n) is 4.55. The van der Waals surface area contributed by atoms with Gasteiger partial charge in [-0.15, -0.1) is 0 Å². The molecule has 1 heterocycles. The average molecular weight is 323 g/mol. The van der Waals surface area contributed by atoms with Gasteiger partial charge in [0.2, 0.25) is 0 Å². The summed E-state index contributed by atoms with van der Waals surface area (Å²) in [6.45, 7) is 0.912. The monoisotopic (exact) mass is 322 g/mol. The van der Waals surface area contributed by atoms with Gasteiger partial charge in [-0.05, 0) is 42.5 Å². The molecule has 108 valence electrons. The van der Waals surface area contributed by atoms with Crippen LogP contribution in [0, 0.1) is 0 Å². The summed E-state index contributed by atoms with van der Waals surface area (Å²) in [7, 11) is 0. The highest BCUT2D eigenvalue weighted by Crippen LogP contribution is 2.34. The van der Waals surface area contributed by atoms with E-state index in [2.05, 4.69) is 5.32 Å². The Hall–Kier alpha value is -1.91. The fourth-order valence-corrected chi connectivity index (χ4v) is 2.42. The number of nitrogens with zero attached hydrogens (tertiary/aromatic N) is 1. The molecule has 3 rings (SSSR count). The number of anilines is 2. The molecule has 1 aliphatic rings. The van der Waals surface area contributed by atoms with Gasteiger partial charge < -0.3 is 10.1 Å². The molecule has 6 heteroatoms. The predicted molar refractivity (Wildman–Crippen MR) is 84.8 cm³/mol. The van der Waals surface area contributed by atoms with Crippen LogP contribution in [0.15, 0.2) is 42.5 Å². The molecule has 4 nitrogen and oxygen atoms in total. The summed E-state index contributed by atoms with van der Waals surface area (Å²) in [4.78, 5) is 14.0. The fraction of sp³-hybridized carbons (Fsp3) is 0.133. The first-order valence-electron chi connectivity index (χ1n) is 6.40. The molecule has 2 aromatic rings. The van der Waals surface area contributed by atoms with Gasteiger partial charge in [0.05, 0.1) is 12.2 Å². The summed E-state index contributed by atoms with van der Waals surface area (Å²) in [5, 5.41) is 4.01. The van der Waals surface area contributed by atoms with Gasteiger partial charge in [0.1, 0.15) is 12.4 Å². The lowest BCUT2D eigenvalue weighted by Gasteiger charge is -2.29. The third-order valence-electron chi connectivity index (χ3n) is 3.12. The Morgan fingerprint density at radius 1 is 1.10 bits per heavy atom. The molecule has 0 saturated carbocycles. The molecular formula is C15H12Cl2N2O2. The van der Waals surface area contributed by atoms with Gasteiger partial charge >= 0.3 is 6.03 Å². The second kappa shape index (κ2) is 5.84. The van der Waals surface area contributed by atoms with Crippen molar-refractivity contribution >= 4 is 40.6 Å². The second-order valence-corrected chi connectivity index (χ2v) is 5.42. The maximum atomic E-state index is 12.4. The number of amides is 2. The Morgan fingerprint density at radius 3 is 2.57 bits per heavy atom. The number of fused-ring (bicyclic) bond motifs is 1. The van der Waals surface area contributed by atoms with Crippen LogP contribution in [0.2, 0.25) is 10.0 Å². The van der Waals surface area contributed by atoms with Crippen molar-refractivity contribution in [3.05, 3.63) is 52.5 Å². The number of urea groups is 1. The Kier molecular flexibility index (Phi) is 3.90. The molecule has 0 aliphatic carbocycles. The summed E-state index contributed by atoms with van der Waals surface area (Å²) in [6, 6.07) is 11.9. The van der Waals surface area contributed by atoms with Gasteiger partial charge in [0.25, 0.3) is 0 Å². The van der Waals surface area contributed by atoms with Crippen LogP contribution < -0.4 is 15.0 Å². The number of carbonyl (C=O) groups excluding carboxylic acids is 1. The molecule has 0 atom stereocenters. The first-order chi connectivity index (χ1) is 10.1. The van der Waals surface area contributed by atoms with Gasteiger partial charge in [-0.3, -0.25) is 4.90 Å². The summed E-state index contributed by atoms with van der Waals surface area (Å²) in [5.74, 6) is 0.650. The maximum absolute atomic E-state index is 12.4. The molecule has 21 heavy (non-hydrogen) atoms. The third-order valence-corrected chi connectivity index (χ3v) is 3.61. The highest BCUT2D eigenvalue weighted by Gasteiger charge is 2.24. The number of carbonyl (C=O) groups is 1. The minimum Gasteiger partial charge on any atom is -0.490 e. The van der Waals surface area contributed by atoms with Gasteiger partial charge in [0, 0.05) is 15.7 Å². The highest BCUT2D eigenvalue weighted by molar-refractivity contribution is 6.31. The maximum Gasteiger partial charge on any atom is 0.326 e. The molecule has 1 aliphatic heterocycles. The SMILES string of the molecule is O=C(Nc1ccc(Cl)cc1)N1CCOc2ccc(Cl)cc21. The number of rotatable bonds is 1. The lowest BCUT2D eigenvalue weighted by Crippen LogP contribution is -2.40. The molecule has 0 saturated heterocycles. The summed E-state index contributed by atoms with van der Waals surface area (Å²) >= 11 is 11.8. The van der Waals surface area contributed by atoms with Gasteiger partial charge in [-0.1, -0.05) is 23.2 Å². The Balaban J connectivity index is 1.83. The van der Waals surface area contributed by atoms with E-state index in [1.165, 1.54) is 0 Å². The number of hydrogen-bond donors (Lipinski definition) is 1. The zero-order valence-corrected chi connectivity index (χ0v) is 12.5. The van der Waals surface area contributed by atoms with Crippen LogP contribution >= 0.6 is 23.2 Å². The van der Waals surface area contributed by atoms with Crippen molar-refractivity contribution in [2.45, 2.75) is 0 Å². The van der Waals surface area contributed by atoms with E-state index in [0.29, 0.717) is 40.3 Å². The van der Waals surface area contributed by atoms with E-state index >= 15 is 0 Å². The zero-order chi connectivity index (χ0) is 14.8. The summed E-state index contributed by atoms with van der Waals surface area (Å²) in [6.07, 6.45) is 0. The first kappa shape index (κ1) is 14.0.